The van der Waals surface area contributed by atoms with Crippen molar-refractivity contribution in [2.75, 3.05) is 16.8 Å². The van der Waals surface area contributed by atoms with Crippen LogP contribution in [0, 0.1) is 9.41 Å². The quantitative estimate of drug-likeness (QED) is 0.333. The molecule has 8 nitrogen and oxygen atoms in total. The van der Waals surface area contributed by atoms with Crippen LogP contribution in [0.3, 0.4) is 0 Å². The van der Waals surface area contributed by atoms with E-state index in [1.807, 2.05) is 0 Å². The number of H-pyrrole nitrogens is 2. The van der Waals surface area contributed by atoms with Crippen LogP contribution in [0.5, 0.6) is 0 Å². The third-order valence-electron chi connectivity index (χ3n) is 4.30. The van der Waals surface area contributed by atoms with Crippen molar-refractivity contribution in [2.45, 2.75) is 25.0 Å². The molecule has 28 heavy (non-hydrogen) atoms. The second-order valence-corrected chi connectivity index (χ2v) is 7.02. The van der Waals surface area contributed by atoms with Gasteiger partial charge in [-0.2, -0.15) is 0 Å². The number of aliphatic hydroxyl groups is 1. The molecule has 0 radical (unpaired) electrons. The van der Waals surface area contributed by atoms with Gasteiger partial charge in [-0.15, -0.1) is 0 Å². The van der Waals surface area contributed by atoms with Crippen molar-refractivity contribution in [1.29, 1.82) is 0 Å². The SMILES string of the molecule is O=C(Nc1ccc(N2CCCC(O)C2C(=O)[O-])cc1)c1cc(=S)[nH]c(=S)[nH]1.[Na+]. The minimum atomic E-state index is -1.31. The molecule has 142 valence electrons. The smallest absolute Gasteiger partial charge is 0.548 e. The Balaban J connectivity index is 0.00000280. The fourth-order valence-electron chi connectivity index (χ4n) is 3.08. The van der Waals surface area contributed by atoms with Crippen LogP contribution >= 0.6 is 24.4 Å². The van der Waals surface area contributed by atoms with E-state index in [9.17, 15) is 19.8 Å². The number of aliphatic hydroxyl groups excluding tert-OH is 1. The van der Waals surface area contributed by atoms with E-state index in [4.69, 9.17) is 24.4 Å². The average Bonchev–Trinajstić information content (AvgIpc) is 2.61. The molecule has 0 aliphatic carbocycles. The van der Waals surface area contributed by atoms with E-state index in [0.29, 0.717) is 35.4 Å². The maximum atomic E-state index is 12.3. The Morgan fingerprint density at radius 3 is 2.50 bits per heavy atom. The molecule has 2 unspecified atom stereocenters. The maximum Gasteiger partial charge on any atom is 1.00 e. The Morgan fingerprint density at radius 1 is 1.21 bits per heavy atom. The minimum Gasteiger partial charge on any atom is -0.548 e. The fourth-order valence-corrected chi connectivity index (χ4v) is 3.58. The van der Waals surface area contributed by atoms with Crippen LogP contribution in [0.1, 0.15) is 23.3 Å². The third-order valence-corrected chi connectivity index (χ3v) is 4.73. The van der Waals surface area contributed by atoms with Crippen LogP contribution in [0.2, 0.25) is 0 Å². The number of aromatic amines is 2. The van der Waals surface area contributed by atoms with E-state index in [-0.39, 0.29) is 40.0 Å². The summed E-state index contributed by atoms with van der Waals surface area (Å²) < 4.78 is 0.594. The summed E-state index contributed by atoms with van der Waals surface area (Å²) in [5.74, 6) is -1.72. The number of aliphatic carboxylic acids is 1. The predicted octanol–water partition coefficient (Wildman–Crippen LogP) is -1.86. The molecule has 1 aromatic heterocycles. The first kappa shape index (κ1) is 22.7. The van der Waals surface area contributed by atoms with E-state index in [0.717, 1.165) is 0 Å². The van der Waals surface area contributed by atoms with Crippen molar-refractivity contribution in [3.05, 3.63) is 45.4 Å². The standard InChI is InChI=1S/C17H18N4O4S2.Na/c22-12-2-1-7-21(14(12)16(24)25)10-5-3-9(4-6-10)18-15(23)11-8-13(26)20-17(27)19-11;/h3-6,8,12,14,22H,1-2,7H2,(H,18,23)(H,24,25)(H2,19,20,26,27);/q;+1/p-1. The monoisotopic (exact) mass is 428 g/mol. The van der Waals surface area contributed by atoms with E-state index >= 15 is 0 Å². The molecule has 0 spiro atoms. The molecule has 2 atom stereocenters. The molecular weight excluding hydrogens is 411 g/mol. The maximum absolute atomic E-state index is 12.3. The first-order chi connectivity index (χ1) is 12.8. The summed E-state index contributed by atoms with van der Waals surface area (Å²) in [6.07, 6.45) is 0.120. The molecule has 3 rings (SSSR count). The largest absolute Gasteiger partial charge is 1.00 e. The van der Waals surface area contributed by atoms with E-state index in [2.05, 4.69) is 15.3 Å². The van der Waals surface area contributed by atoms with E-state index in [1.165, 1.54) is 6.07 Å². The Morgan fingerprint density at radius 2 is 1.89 bits per heavy atom. The van der Waals surface area contributed by atoms with Gasteiger partial charge >= 0.3 is 29.6 Å². The summed E-state index contributed by atoms with van der Waals surface area (Å²) in [5.41, 5.74) is 1.37. The second kappa shape index (κ2) is 9.77. The van der Waals surface area contributed by atoms with Gasteiger partial charge in [0, 0.05) is 24.0 Å². The first-order valence-electron chi connectivity index (χ1n) is 8.26. The first-order valence-corrected chi connectivity index (χ1v) is 9.07. The molecule has 1 aromatic carbocycles. The molecule has 1 saturated heterocycles. The zero-order chi connectivity index (χ0) is 19.6. The summed E-state index contributed by atoms with van der Waals surface area (Å²) in [5, 5.41) is 24.1. The van der Waals surface area contributed by atoms with Crippen molar-refractivity contribution in [3.63, 3.8) is 0 Å². The van der Waals surface area contributed by atoms with Gasteiger partial charge in [0.25, 0.3) is 5.91 Å². The van der Waals surface area contributed by atoms with Crippen molar-refractivity contribution in [1.82, 2.24) is 9.97 Å². The van der Waals surface area contributed by atoms with Crippen molar-refractivity contribution in [3.8, 4) is 0 Å². The summed E-state index contributed by atoms with van der Waals surface area (Å²) in [7, 11) is 0. The molecule has 4 N–H and O–H groups in total. The van der Waals surface area contributed by atoms with Crippen molar-refractivity contribution in [2.24, 2.45) is 0 Å². The molecule has 11 heteroatoms. The molecule has 1 fully saturated rings. The van der Waals surface area contributed by atoms with Crippen molar-refractivity contribution >= 4 is 47.7 Å². The fraction of sp³-hybridized carbons (Fsp3) is 0.294. The number of nitrogens with zero attached hydrogens (tertiary/aromatic N) is 1. The summed E-state index contributed by atoms with van der Waals surface area (Å²) in [6.45, 7) is 0.500. The number of hydrogen-bond acceptors (Lipinski definition) is 7. The van der Waals surface area contributed by atoms with Gasteiger partial charge in [-0.1, -0.05) is 12.2 Å². The van der Waals surface area contributed by atoms with Crippen molar-refractivity contribution < 1.29 is 49.4 Å². The number of benzene rings is 1. The number of nitrogens with one attached hydrogen (secondary N) is 3. The van der Waals surface area contributed by atoms with Gasteiger partial charge < -0.3 is 35.2 Å². The molecule has 1 aliphatic rings. The van der Waals surface area contributed by atoms with Crippen LogP contribution < -0.4 is 44.9 Å². The van der Waals surface area contributed by atoms with Gasteiger partial charge in [0.1, 0.15) is 10.3 Å². The van der Waals surface area contributed by atoms with Crippen LogP contribution in [0.4, 0.5) is 11.4 Å². The minimum absolute atomic E-state index is 0. The molecule has 0 bridgehead atoms. The topological polar surface area (TPSA) is 124 Å². The van der Waals surface area contributed by atoms with Crippen LogP contribution in [-0.2, 0) is 4.79 Å². The van der Waals surface area contributed by atoms with Gasteiger partial charge in [0.05, 0.1) is 18.1 Å². The number of aromatic nitrogens is 2. The Hall–Kier alpha value is -1.56. The summed E-state index contributed by atoms with van der Waals surface area (Å²) in [4.78, 5) is 30.7. The predicted molar refractivity (Wildman–Crippen MR) is 103 cm³/mol. The van der Waals surface area contributed by atoms with Gasteiger partial charge in [0.15, 0.2) is 4.77 Å². The average molecular weight is 428 g/mol. The zero-order valence-corrected chi connectivity index (χ0v) is 18.7. The molecule has 1 aliphatic heterocycles. The number of anilines is 2. The Bertz CT molecular complexity index is 948. The molecule has 0 saturated carbocycles. The zero-order valence-electron chi connectivity index (χ0n) is 15.1. The van der Waals surface area contributed by atoms with E-state index < -0.39 is 24.0 Å². The number of carbonyl (C=O) groups excluding carboxylic acids is 2. The second-order valence-electron chi connectivity index (χ2n) is 6.17. The van der Waals surface area contributed by atoms with Gasteiger partial charge in [-0.3, -0.25) is 4.79 Å². The number of rotatable bonds is 4. The van der Waals surface area contributed by atoms with E-state index in [1.54, 1.807) is 29.2 Å². The van der Waals surface area contributed by atoms with Gasteiger partial charge in [-0.05, 0) is 49.3 Å². The number of amides is 1. The molecule has 2 heterocycles. The number of carboxylic acid groups (broad SMARTS) is 1. The number of carboxylic acids is 1. The van der Waals surface area contributed by atoms with Gasteiger partial charge in [-0.25, -0.2) is 0 Å². The van der Waals surface area contributed by atoms with Crippen LogP contribution in [0.15, 0.2) is 30.3 Å². The third kappa shape index (κ3) is 5.28. The molecule has 1 amide bonds. The molecular formula is C17H17N4NaO4S2. The van der Waals surface area contributed by atoms with Gasteiger partial charge in [0.2, 0.25) is 0 Å². The number of hydrogen-bond donors (Lipinski definition) is 4. The normalized spacial score (nSPS) is 18.8. The number of piperidine rings is 1. The van der Waals surface area contributed by atoms with Crippen LogP contribution in [-0.4, -0.2) is 45.6 Å². The summed E-state index contributed by atoms with van der Waals surface area (Å²) in [6, 6.07) is 7.04. The summed E-state index contributed by atoms with van der Waals surface area (Å²) >= 11 is 9.97. The Kier molecular flexibility index (Phi) is 7.93. The van der Waals surface area contributed by atoms with Crippen LogP contribution in [0.25, 0.3) is 0 Å². The molecule has 2 aromatic rings. The Labute approximate surface area is 193 Å². The number of carbonyl (C=O) groups is 2.